The highest BCUT2D eigenvalue weighted by molar-refractivity contribution is 5.95. The smallest absolute Gasteiger partial charge is 0.196 e. The van der Waals surface area contributed by atoms with Crippen LogP contribution >= 0.6 is 0 Å². The number of Topliss-reactive ketones (excluding diaryl/α,β-unsaturated/α-hetero) is 1. The van der Waals surface area contributed by atoms with E-state index >= 15 is 0 Å². The largest absolute Gasteiger partial charge is 0.340 e. The Labute approximate surface area is 58.7 Å². The first-order valence-electron chi connectivity index (χ1n) is 2.95. The summed E-state index contributed by atoms with van der Waals surface area (Å²) in [6.07, 6.45) is 3.22. The highest BCUT2D eigenvalue weighted by atomic mass is 16.1. The van der Waals surface area contributed by atoms with Gasteiger partial charge in [0.1, 0.15) is 5.69 Å². The summed E-state index contributed by atoms with van der Waals surface area (Å²) in [7, 11) is 1.81. The molecule has 0 amide bonds. The van der Waals surface area contributed by atoms with E-state index < -0.39 is 0 Å². The quantitative estimate of drug-likeness (QED) is 0.565. The van der Waals surface area contributed by atoms with Crippen molar-refractivity contribution in [1.82, 2.24) is 9.55 Å². The summed E-state index contributed by atoms with van der Waals surface area (Å²) in [5.74, 6) is -0.124. The Morgan fingerprint density at radius 3 is 3.00 bits per heavy atom. The zero-order valence-corrected chi connectivity index (χ0v) is 5.74. The maximum Gasteiger partial charge on any atom is 0.196 e. The lowest BCUT2D eigenvalue weighted by molar-refractivity contribution is 0.0997. The van der Waals surface area contributed by atoms with Gasteiger partial charge in [-0.15, -0.1) is 0 Å². The number of nitrogens with two attached hydrogens (primary N) is 1. The lowest BCUT2D eigenvalue weighted by Gasteiger charge is -1.87. The van der Waals surface area contributed by atoms with E-state index in [-0.39, 0.29) is 12.3 Å². The number of carbonyl (C=O) groups excluding carboxylic acids is 1. The van der Waals surface area contributed by atoms with Crippen LogP contribution in [-0.2, 0) is 7.05 Å². The first-order chi connectivity index (χ1) is 4.74. The molecule has 1 aromatic rings. The third kappa shape index (κ3) is 1.22. The normalized spacial score (nSPS) is 9.80. The monoisotopic (exact) mass is 139 g/mol. The summed E-state index contributed by atoms with van der Waals surface area (Å²) in [6.45, 7) is 0.0248. The molecular weight excluding hydrogens is 130 g/mol. The van der Waals surface area contributed by atoms with Crippen molar-refractivity contribution in [2.24, 2.45) is 12.8 Å². The fraction of sp³-hybridized carbons (Fsp3) is 0.333. The average Bonchev–Trinajstić information content (AvgIpc) is 2.34. The van der Waals surface area contributed by atoms with Crippen LogP contribution in [0.5, 0.6) is 0 Å². The van der Waals surface area contributed by atoms with Crippen molar-refractivity contribution in [1.29, 1.82) is 0 Å². The van der Waals surface area contributed by atoms with Gasteiger partial charge in [-0.2, -0.15) is 0 Å². The summed E-state index contributed by atoms with van der Waals surface area (Å²) in [6, 6.07) is 0. The van der Waals surface area contributed by atoms with E-state index in [2.05, 4.69) is 4.98 Å². The highest BCUT2D eigenvalue weighted by Gasteiger charge is 2.04. The molecule has 0 unspecified atom stereocenters. The van der Waals surface area contributed by atoms with Gasteiger partial charge in [0.25, 0.3) is 0 Å². The summed E-state index contributed by atoms with van der Waals surface area (Å²) in [5, 5.41) is 0. The van der Waals surface area contributed by atoms with Gasteiger partial charge >= 0.3 is 0 Å². The maximum absolute atomic E-state index is 10.8. The molecule has 1 aromatic heterocycles. The number of ketones is 1. The highest BCUT2D eigenvalue weighted by Crippen LogP contribution is 1.93. The van der Waals surface area contributed by atoms with Gasteiger partial charge in [-0.1, -0.05) is 0 Å². The Hall–Kier alpha value is -1.16. The minimum absolute atomic E-state index is 0.0248. The van der Waals surface area contributed by atoms with Gasteiger partial charge in [0.15, 0.2) is 5.78 Å². The Morgan fingerprint density at radius 1 is 1.90 bits per heavy atom. The number of imidazole rings is 1. The average molecular weight is 139 g/mol. The van der Waals surface area contributed by atoms with Crippen LogP contribution < -0.4 is 5.73 Å². The molecule has 0 saturated carbocycles. The van der Waals surface area contributed by atoms with Crippen LogP contribution in [0.25, 0.3) is 0 Å². The van der Waals surface area contributed by atoms with E-state index in [1.165, 1.54) is 0 Å². The first-order valence-corrected chi connectivity index (χ1v) is 2.95. The van der Waals surface area contributed by atoms with Crippen molar-refractivity contribution in [3.63, 3.8) is 0 Å². The molecule has 0 aromatic carbocycles. The maximum atomic E-state index is 10.8. The van der Waals surface area contributed by atoms with Gasteiger partial charge in [0.05, 0.1) is 12.9 Å². The Kier molecular flexibility index (Phi) is 1.82. The second-order valence-electron chi connectivity index (χ2n) is 2.05. The fourth-order valence-corrected chi connectivity index (χ4v) is 0.661. The third-order valence-corrected chi connectivity index (χ3v) is 1.18. The van der Waals surface area contributed by atoms with Crippen LogP contribution in [0.1, 0.15) is 10.5 Å². The number of aromatic nitrogens is 2. The molecule has 1 rings (SSSR count). The van der Waals surface area contributed by atoms with E-state index in [9.17, 15) is 4.79 Å². The molecule has 0 aliphatic rings. The molecular formula is C6H9N3O. The van der Waals surface area contributed by atoms with Gasteiger partial charge in [-0.05, 0) is 0 Å². The van der Waals surface area contributed by atoms with E-state index in [0.29, 0.717) is 5.69 Å². The van der Waals surface area contributed by atoms with E-state index in [4.69, 9.17) is 5.73 Å². The topological polar surface area (TPSA) is 60.9 Å². The predicted octanol–water partition coefficient (Wildman–Crippen LogP) is -0.439. The summed E-state index contributed by atoms with van der Waals surface area (Å²) < 4.78 is 1.71. The predicted molar refractivity (Wildman–Crippen MR) is 36.6 cm³/mol. The lowest BCUT2D eigenvalue weighted by atomic mass is 10.3. The molecule has 0 aliphatic carbocycles. The number of hydrogen-bond donors (Lipinski definition) is 1. The molecule has 0 bridgehead atoms. The van der Waals surface area contributed by atoms with Crippen LogP contribution in [0, 0.1) is 0 Å². The number of aryl methyl sites for hydroxylation is 1. The van der Waals surface area contributed by atoms with Gasteiger partial charge in [0, 0.05) is 13.2 Å². The first kappa shape index (κ1) is 6.95. The van der Waals surface area contributed by atoms with Gasteiger partial charge < -0.3 is 10.3 Å². The number of carbonyl (C=O) groups is 1. The van der Waals surface area contributed by atoms with Crippen LogP contribution in [0.3, 0.4) is 0 Å². The van der Waals surface area contributed by atoms with Gasteiger partial charge in [-0.25, -0.2) is 4.98 Å². The molecule has 0 fully saturated rings. The van der Waals surface area contributed by atoms with Crippen molar-refractivity contribution < 1.29 is 4.79 Å². The van der Waals surface area contributed by atoms with E-state index in [1.54, 1.807) is 24.1 Å². The molecule has 1 heterocycles. The molecule has 2 N–H and O–H groups in total. The molecule has 0 radical (unpaired) electrons. The van der Waals surface area contributed by atoms with E-state index in [0.717, 1.165) is 0 Å². The zero-order valence-electron chi connectivity index (χ0n) is 5.74. The molecule has 4 nitrogen and oxygen atoms in total. The van der Waals surface area contributed by atoms with Crippen molar-refractivity contribution in [3.05, 3.63) is 18.2 Å². The van der Waals surface area contributed by atoms with Gasteiger partial charge in [0.2, 0.25) is 0 Å². The van der Waals surface area contributed by atoms with Crippen molar-refractivity contribution >= 4 is 5.78 Å². The molecule has 0 spiro atoms. The van der Waals surface area contributed by atoms with Crippen molar-refractivity contribution in [2.45, 2.75) is 0 Å². The molecule has 54 valence electrons. The summed E-state index contributed by atoms with van der Waals surface area (Å²) >= 11 is 0. The second kappa shape index (κ2) is 2.62. The van der Waals surface area contributed by atoms with Crippen LogP contribution in [-0.4, -0.2) is 21.9 Å². The zero-order chi connectivity index (χ0) is 7.56. The SMILES string of the molecule is Cn1cnc(C(=O)CN)c1. The Balaban J connectivity index is 2.85. The Morgan fingerprint density at radius 2 is 2.60 bits per heavy atom. The van der Waals surface area contributed by atoms with E-state index in [1.807, 2.05) is 0 Å². The molecule has 4 heteroatoms. The number of rotatable bonds is 2. The lowest BCUT2D eigenvalue weighted by Crippen LogP contribution is -2.13. The van der Waals surface area contributed by atoms with Crippen LogP contribution in [0.15, 0.2) is 12.5 Å². The third-order valence-electron chi connectivity index (χ3n) is 1.18. The minimum Gasteiger partial charge on any atom is -0.340 e. The summed E-state index contributed by atoms with van der Waals surface area (Å²) in [4.78, 5) is 14.6. The standard InChI is InChI=1S/C6H9N3O/c1-9-3-5(8-4-9)6(10)2-7/h3-4H,2,7H2,1H3. The number of hydrogen-bond acceptors (Lipinski definition) is 3. The molecule has 0 atom stereocenters. The molecule has 0 saturated heterocycles. The minimum atomic E-state index is -0.124. The summed E-state index contributed by atoms with van der Waals surface area (Å²) in [5.41, 5.74) is 5.55. The number of nitrogens with zero attached hydrogens (tertiary/aromatic N) is 2. The van der Waals surface area contributed by atoms with Gasteiger partial charge in [-0.3, -0.25) is 4.79 Å². The molecule has 10 heavy (non-hydrogen) atoms. The fourth-order valence-electron chi connectivity index (χ4n) is 0.661. The van der Waals surface area contributed by atoms with Crippen LogP contribution in [0.2, 0.25) is 0 Å². The van der Waals surface area contributed by atoms with Crippen molar-refractivity contribution in [2.75, 3.05) is 6.54 Å². The Bertz CT molecular complexity index is 241. The molecule has 0 aliphatic heterocycles. The van der Waals surface area contributed by atoms with Crippen molar-refractivity contribution in [3.8, 4) is 0 Å². The second-order valence-corrected chi connectivity index (χ2v) is 2.05. The van der Waals surface area contributed by atoms with Crippen LogP contribution in [0.4, 0.5) is 0 Å².